The molecule has 1 aliphatic rings. The lowest BCUT2D eigenvalue weighted by Crippen LogP contribution is -2.32. The van der Waals surface area contributed by atoms with Crippen LogP contribution >= 0.6 is 27.3 Å². The van der Waals surface area contributed by atoms with Gasteiger partial charge >= 0.3 is 6.09 Å². The van der Waals surface area contributed by atoms with E-state index in [0.29, 0.717) is 34.4 Å². The Labute approximate surface area is 214 Å². The van der Waals surface area contributed by atoms with Crippen molar-refractivity contribution in [2.24, 2.45) is 0 Å². The number of rotatable bonds is 8. The third-order valence-corrected chi connectivity index (χ3v) is 8.56. The number of anilines is 2. The molecule has 9 nitrogen and oxygen atoms in total. The quantitative estimate of drug-likeness (QED) is 0.397. The van der Waals surface area contributed by atoms with Crippen molar-refractivity contribution in [3.05, 3.63) is 63.1 Å². The Morgan fingerprint density at radius 3 is 2.71 bits per heavy atom. The molecule has 2 aromatic carbocycles. The third-order valence-electron chi connectivity index (χ3n) is 5.57. The number of carboxylic acid groups (broad SMARTS) is 1. The van der Waals surface area contributed by atoms with Crippen molar-refractivity contribution in [3.63, 3.8) is 0 Å². The molecule has 0 radical (unpaired) electrons. The molecular weight excluding hydrogens is 563 g/mol. The van der Waals surface area contributed by atoms with Crippen LogP contribution in [0.2, 0.25) is 0 Å². The van der Waals surface area contributed by atoms with Crippen molar-refractivity contribution in [1.82, 2.24) is 9.88 Å². The number of nitrogens with one attached hydrogen (secondary N) is 1. The summed E-state index contributed by atoms with van der Waals surface area (Å²) in [5, 5.41) is 13.8. The van der Waals surface area contributed by atoms with Gasteiger partial charge in [-0.1, -0.05) is 12.1 Å². The highest BCUT2D eigenvalue weighted by molar-refractivity contribution is 9.10. The third kappa shape index (κ3) is 5.52. The number of benzene rings is 2. The van der Waals surface area contributed by atoms with Gasteiger partial charge < -0.3 is 20.1 Å². The van der Waals surface area contributed by atoms with E-state index in [4.69, 9.17) is 9.84 Å². The summed E-state index contributed by atoms with van der Waals surface area (Å²) in [4.78, 5) is 16.1. The summed E-state index contributed by atoms with van der Waals surface area (Å²) in [6.45, 7) is 0.566. The first-order valence-corrected chi connectivity index (χ1v) is 13.6. The molecule has 1 amide bonds. The summed E-state index contributed by atoms with van der Waals surface area (Å²) in [6, 6.07) is 8.99. The number of sulfonamides is 1. The molecule has 35 heavy (non-hydrogen) atoms. The van der Waals surface area contributed by atoms with E-state index in [-0.39, 0.29) is 24.9 Å². The topological polar surface area (TPSA) is 112 Å². The van der Waals surface area contributed by atoms with Gasteiger partial charge in [-0.05, 0) is 52.2 Å². The van der Waals surface area contributed by atoms with Crippen LogP contribution in [0.3, 0.4) is 0 Å². The van der Waals surface area contributed by atoms with Crippen LogP contribution < -0.4 is 14.4 Å². The molecule has 1 atom stereocenters. The van der Waals surface area contributed by atoms with E-state index >= 15 is 4.39 Å². The van der Waals surface area contributed by atoms with Gasteiger partial charge in [0.05, 0.1) is 24.9 Å². The summed E-state index contributed by atoms with van der Waals surface area (Å²) < 4.78 is 49.0. The summed E-state index contributed by atoms with van der Waals surface area (Å²) in [5.74, 6) is -0.120. The predicted octanol–water partition coefficient (Wildman–Crippen LogP) is 4.61. The predicted molar refractivity (Wildman–Crippen MR) is 134 cm³/mol. The molecule has 0 unspecified atom stereocenters. The fraction of sp³-hybridized carbons (Fsp3) is 0.273. The van der Waals surface area contributed by atoms with Gasteiger partial charge in [-0.25, -0.2) is 26.9 Å². The molecule has 2 heterocycles. The van der Waals surface area contributed by atoms with Gasteiger partial charge in [-0.3, -0.25) is 0 Å². The number of amides is 1. The number of hydrogen-bond acceptors (Lipinski definition) is 7. The SMILES string of the molecule is COc1ccc(CN(c2cscn2)S(=O)(=O)c2cc(Br)c(N[C@H]3CCN(C(=O)O)C3)cc2F)cc1. The summed E-state index contributed by atoms with van der Waals surface area (Å²) in [5.41, 5.74) is 2.52. The van der Waals surface area contributed by atoms with E-state index in [2.05, 4.69) is 26.2 Å². The van der Waals surface area contributed by atoms with Gasteiger partial charge in [-0.15, -0.1) is 11.3 Å². The number of methoxy groups -OCH3 is 1. The Balaban J connectivity index is 1.63. The molecule has 13 heteroatoms. The molecule has 0 aliphatic carbocycles. The summed E-state index contributed by atoms with van der Waals surface area (Å²) >= 11 is 4.57. The summed E-state index contributed by atoms with van der Waals surface area (Å²) in [7, 11) is -2.79. The van der Waals surface area contributed by atoms with E-state index in [1.54, 1.807) is 29.6 Å². The van der Waals surface area contributed by atoms with Crippen molar-refractivity contribution in [1.29, 1.82) is 0 Å². The van der Waals surface area contributed by atoms with E-state index in [1.165, 1.54) is 34.9 Å². The zero-order valence-corrected chi connectivity index (χ0v) is 21.7. The van der Waals surface area contributed by atoms with Crippen LogP contribution in [0.5, 0.6) is 5.75 Å². The maximum absolute atomic E-state index is 15.2. The van der Waals surface area contributed by atoms with Crippen molar-refractivity contribution in [2.45, 2.75) is 23.9 Å². The van der Waals surface area contributed by atoms with Crippen LogP contribution in [0.25, 0.3) is 0 Å². The Hall–Kier alpha value is -2.90. The second kappa shape index (κ2) is 10.4. The molecule has 0 saturated carbocycles. The number of nitrogens with zero attached hydrogens (tertiary/aromatic N) is 3. The minimum Gasteiger partial charge on any atom is -0.497 e. The molecular formula is C22H22BrFN4O5S2. The molecule has 1 saturated heterocycles. The molecule has 2 N–H and O–H groups in total. The minimum atomic E-state index is -4.33. The van der Waals surface area contributed by atoms with Gasteiger partial charge in [-0.2, -0.15) is 0 Å². The first-order chi connectivity index (χ1) is 16.7. The normalized spacial score (nSPS) is 15.7. The smallest absolute Gasteiger partial charge is 0.407 e. The standard InChI is InChI=1S/C22H22BrFN4O5S2/c1-33-16-4-2-14(3-5-16)10-28(21-12-34-13-25-21)35(31,32)20-8-17(23)19(9-18(20)24)26-15-6-7-27(11-15)22(29)30/h2-5,8-9,12-13,15,26H,6-7,10-11H2,1H3,(H,29,30)/t15-/m0/s1. The lowest BCUT2D eigenvalue weighted by atomic mass is 10.2. The largest absolute Gasteiger partial charge is 0.497 e. The van der Waals surface area contributed by atoms with E-state index in [0.717, 1.165) is 10.4 Å². The number of carbonyl (C=O) groups is 1. The van der Waals surface area contributed by atoms with Crippen LogP contribution in [-0.4, -0.2) is 55.7 Å². The molecule has 3 aromatic rings. The molecule has 0 spiro atoms. The maximum atomic E-state index is 15.2. The van der Waals surface area contributed by atoms with Crippen molar-refractivity contribution in [3.8, 4) is 5.75 Å². The first kappa shape index (κ1) is 25.2. The van der Waals surface area contributed by atoms with E-state index in [1.807, 2.05) is 0 Å². The number of ether oxygens (including phenoxy) is 1. The molecule has 1 fully saturated rings. The van der Waals surface area contributed by atoms with Gasteiger partial charge in [0.1, 0.15) is 16.5 Å². The number of hydrogen-bond donors (Lipinski definition) is 2. The van der Waals surface area contributed by atoms with Gasteiger partial charge in [0.15, 0.2) is 5.82 Å². The van der Waals surface area contributed by atoms with Gasteiger partial charge in [0.2, 0.25) is 0 Å². The highest BCUT2D eigenvalue weighted by Crippen LogP contribution is 2.33. The zero-order chi connectivity index (χ0) is 25.2. The fourth-order valence-corrected chi connectivity index (χ4v) is 6.43. The maximum Gasteiger partial charge on any atom is 0.407 e. The highest BCUT2D eigenvalue weighted by Gasteiger charge is 2.31. The van der Waals surface area contributed by atoms with Gasteiger partial charge in [0, 0.05) is 29.0 Å². The lowest BCUT2D eigenvalue weighted by molar-refractivity contribution is 0.155. The lowest BCUT2D eigenvalue weighted by Gasteiger charge is -2.23. The average molecular weight is 585 g/mol. The van der Waals surface area contributed by atoms with Crippen LogP contribution in [0.4, 0.5) is 20.7 Å². The molecule has 4 rings (SSSR count). The number of likely N-dealkylation sites (tertiary alicyclic amines) is 1. The molecule has 1 aromatic heterocycles. The molecule has 0 bridgehead atoms. The number of halogens is 2. The average Bonchev–Trinajstić information content (AvgIpc) is 3.52. The van der Waals surface area contributed by atoms with Gasteiger partial charge in [0.25, 0.3) is 10.0 Å². The van der Waals surface area contributed by atoms with Crippen molar-refractivity contribution < 1.29 is 27.4 Å². The first-order valence-electron chi connectivity index (χ1n) is 10.5. The second-order valence-corrected chi connectivity index (χ2v) is 11.2. The Morgan fingerprint density at radius 2 is 2.11 bits per heavy atom. The second-order valence-electron chi connectivity index (χ2n) is 7.83. The van der Waals surface area contributed by atoms with Crippen molar-refractivity contribution >= 4 is 54.9 Å². The minimum absolute atomic E-state index is 0.0553. The van der Waals surface area contributed by atoms with Crippen LogP contribution in [0, 0.1) is 5.82 Å². The Kier molecular flexibility index (Phi) is 7.47. The molecule has 186 valence electrons. The highest BCUT2D eigenvalue weighted by atomic mass is 79.9. The van der Waals surface area contributed by atoms with E-state index in [9.17, 15) is 13.2 Å². The molecule has 1 aliphatic heterocycles. The Morgan fingerprint density at radius 1 is 1.37 bits per heavy atom. The Bertz CT molecular complexity index is 1310. The number of thiazole rings is 1. The van der Waals surface area contributed by atoms with E-state index < -0.39 is 26.8 Å². The van der Waals surface area contributed by atoms with Crippen LogP contribution in [-0.2, 0) is 16.6 Å². The van der Waals surface area contributed by atoms with Crippen LogP contribution in [0.15, 0.2) is 56.7 Å². The summed E-state index contributed by atoms with van der Waals surface area (Å²) in [6.07, 6.45) is -0.458. The van der Waals surface area contributed by atoms with Crippen LogP contribution in [0.1, 0.15) is 12.0 Å². The fourth-order valence-electron chi connectivity index (χ4n) is 3.74. The monoisotopic (exact) mass is 584 g/mol. The zero-order valence-electron chi connectivity index (χ0n) is 18.5. The number of aromatic nitrogens is 1. The van der Waals surface area contributed by atoms with Crippen molar-refractivity contribution in [2.75, 3.05) is 29.8 Å².